The van der Waals surface area contributed by atoms with Crippen LogP contribution in [0.5, 0.6) is 0 Å². The largest absolute Gasteiger partial charge is 0.519 e. The highest BCUT2D eigenvalue weighted by molar-refractivity contribution is 6.29. The van der Waals surface area contributed by atoms with Crippen molar-refractivity contribution >= 4 is 47.2 Å². The summed E-state index contributed by atoms with van der Waals surface area (Å²) in [6.45, 7) is 15.5. The van der Waals surface area contributed by atoms with Crippen LogP contribution in [-0.4, -0.2) is 45.1 Å². The van der Waals surface area contributed by atoms with Gasteiger partial charge in [0.1, 0.15) is 27.1 Å². The number of carbonyl (C=O) groups is 3. The molecule has 0 amide bonds. The first-order valence-electron chi connectivity index (χ1n) is 11.5. The lowest BCUT2D eigenvalue weighted by Gasteiger charge is -2.20. The van der Waals surface area contributed by atoms with Crippen molar-refractivity contribution in [3.8, 4) is 0 Å². The molecule has 2 rings (SSSR count). The van der Waals surface area contributed by atoms with Gasteiger partial charge in [-0.1, -0.05) is 29.3 Å². The number of ether oxygens (including phenoxy) is 4. The van der Waals surface area contributed by atoms with Crippen molar-refractivity contribution in [1.82, 2.24) is 9.97 Å². The van der Waals surface area contributed by atoms with Crippen LogP contribution in [0.25, 0.3) is 0 Å². The predicted octanol–water partition coefficient (Wildman–Crippen LogP) is 6.81. The fourth-order valence-electron chi connectivity index (χ4n) is 2.05. The summed E-state index contributed by atoms with van der Waals surface area (Å²) in [5.41, 5.74) is 4.90. The van der Waals surface area contributed by atoms with Gasteiger partial charge in [-0.05, 0) is 86.1 Å². The SMILES string of the molecule is CC(C)(C)OC(=O)Cc1ccc(Cl)nc1.CC(C)(C)OC(=O)OC(=O)OC(C)(C)C.Nc1ccc(Cl)nc1. The first-order chi connectivity index (χ1) is 17.1. The highest BCUT2D eigenvalue weighted by Crippen LogP contribution is 2.12. The number of nitrogens with zero attached hydrogens (tertiary/aromatic N) is 2. The molecule has 0 saturated heterocycles. The van der Waals surface area contributed by atoms with E-state index >= 15 is 0 Å². The Morgan fingerprint density at radius 2 is 1.13 bits per heavy atom. The van der Waals surface area contributed by atoms with E-state index in [0.717, 1.165) is 5.56 Å². The van der Waals surface area contributed by atoms with E-state index in [1.54, 1.807) is 72.0 Å². The highest BCUT2D eigenvalue weighted by Gasteiger charge is 2.24. The molecule has 0 saturated carbocycles. The van der Waals surface area contributed by atoms with E-state index in [1.807, 2.05) is 20.8 Å². The molecular weight excluding hydrogens is 537 g/mol. The molecule has 0 aliphatic carbocycles. The molecule has 0 fully saturated rings. The number of halogens is 2. The van der Waals surface area contributed by atoms with Gasteiger partial charge in [-0.25, -0.2) is 19.6 Å². The Balaban J connectivity index is 0.000000565. The van der Waals surface area contributed by atoms with E-state index in [4.69, 9.17) is 43.1 Å². The monoisotopic (exact) mass is 573 g/mol. The van der Waals surface area contributed by atoms with Gasteiger partial charge in [0.15, 0.2) is 0 Å². The Kier molecular flexibility index (Phi) is 14.1. The van der Waals surface area contributed by atoms with Crippen LogP contribution in [0.4, 0.5) is 15.3 Å². The van der Waals surface area contributed by atoms with Gasteiger partial charge >= 0.3 is 18.3 Å². The van der Waals surface area contributed by atoms with Crippen LogP contribution in [0.1, 0.15) is 67.9 Å². The van der Waals surface area contributed by atoms with Crippen LogP contribution in [0.15, 0.2) is 36.7 Å². The Morgan fingerprint density at radius 1 is 0.711 bits per heavy atom. The maximum atomic E-state index is 11.4. The summed E-state index contributed by atoms with van der Waals surface area (Å²) in [4.78, 5) is 41.1. The maximum Gasteiger partial charge on any atom is 0.519 e. The third kappa shape index (κ3) is 21.0. The zero-order valence-electron chi connectivity index (χ0n) is 23.3. The van der Waals surface area contributed by atoms with Crippen LogP contribution in [0, 0.1) is 0 Å². The first kappa shape index (κ1) is 34.9. The number of anilines is 1. The van der Waals surface area contributed by atoms with Gasteiger partial charge in [-0.3, -0.25) is 4.79 Å². The summed E-state index contributed by atoms with van der Waals surface area (Å²) in [6, 6.07) is 6.77. The molecule has 212 valence electrons. The number of aromatic nitrogens is 2. The number of esters is 1. The molecule has 0 aliphatic heterocycles. The van der Waals surface area contributed by atoms with Gasteiger partial charge in [0, 0.05) is 6.20 Å². The number of rotatable bonds is 2. The summed E-state index contributed by atoms with van der Waals surface area (Å²) in [5.74, 6) is -0.258. The van der Waals surface area contributed by atoms with E-state index in [9.17, 15) is 14.4 Å². The quantitative estimate of drug-likeness (QED) is 0.176. The summed E-state index contributed by atoms with van der Waals surface area (Å²) in [7, 11) is 0. The van der Waals surface area contributed by atoms with Crippen molar-refractivity contribution in [2.45, 2.75) is 85.5 Å². The molecule has 0 atom stereocenters. The number of hydrogen-bond acceptors (Lipinski definition) is 10. The lowest BCUT2D eigenvalue weighted by molar-refractivity contribution is -0.153. The van der Waals surface area contributed by atoms with Crippen molar-refractivity contribution < 1.29 is 33.3 Å². The minimum Gasteiger partial charge on any atom is -0.460 e. The lowest BCUT2D eigenvalue weighted by atomic mass is 10.2. The van der Waals surface area contributed by atoms with Gasteiger partial charge in [0.2, 0.25) is 0 Å². The average molecular weight is 575 g/mol. The molecule has 38 heavy (non-hydrogen) atoms. The van der Waals surface area contributed by atoms with E-state index < -0.39 is 29.1 Å². The zero-order valence-corrected chi connectivity index (χ0v) is 24.8. The maximum absolute atomic E-state index is 11.4. The molecular formula is C26H37Cl2N3O7. The number of carbonyl (C=O) groups excluding carboxylic acids is 3. The second-order valence-corrected chi connectivity index (χ2v) is 11.5. The third-order valence-electron chi connectivity index (χ3n) is 3.25. The van der Waals surface area contributed by atoms with E-state index in [1.165, 1.54) is 6.20 Å². The lowest BCUT2D eigenvalue weighted by Crippen LogP contribution is -2.29. The highest BCUT2D eigenvalue weighted by atomic mass is 35.5. The molecule has 2 aromatic heterocycles. The van der Waals surface area contributed by atoms with Crippen molar-refractivity contribution in [2.75, 3.05) is 5.73 Å². The molecule has 2 heterocycles. The normalized spacial score (nSPS) is 11.0. The van der Waals surface area contributed by atoms with Crippen LogP contribution in [0.2, 0.25) is 10.3 Å². The van der Waals surface area contributed by atoms with Crippen LogP contribution >= 0.6 is 23.2 Å². The predicted molar refractivity (Wildman–Crippen MR) is 146 cm³/mol. The first-order valence-corrected chi connectivity index (χ1v) is 12.2. The molecule has 0 spiro atoms. The minimum atomic E-state index is -1.06. The summed E-state index contributed by atoms with van der Waals surface area (Å²) in [6.07, 6.45) is 1.20. The molecule has 12 heteroatoms. The Morgan fingerprint density at radius 3 is 1.45 bits per heavy atom. The van der Waals surface area contributed by atoms with Crippen LogP contribution in [0.3, 0.4) is 0 Å². The van der Waals surface area contributed by atoms with E-state index in [-0.39, 0.29) is 12.4 Å². The van der Waals surface area contributed by atoms with E-state index in [0.29, 0.717) is 16.0 Å². The molecule has 0 unspecified atom stereocenters. The minimum absolute atomic E-state index is 0.224. The smallest absolute Gasteiger partial charge is 0.460 e. The molecule has 2 aromatic rings. The number of hydrogen-bond donors (Lipinski definition) is 1. The second-order valence-electron chi connectivity index (χ2n) is 10.7. The zero-order chi connectivity index (χ0) is 29.7. The molecule has 10 nitrogen and oxygen atoms in total. The number of nitrogen functional groups attached to an aromatic ring is 1. The summed E-state index contributed by atoms with van der Waals surface area (Å²) >= 11 is 11.1. The van der Waals surface area contributed by atoms with Crippen molar-refractivity contribution in [1.29, 1.82) is 0 Å². The van der Waals surface area contributed by atoms with Gasteiger partial charge in [-0.15, -0.1) is 0 Å². The van der Waals surface area contributed by atoms with Crippen LogP contribution in [-0.2, 0) is 30.2 Å². The standard InChI is InChI=1S/C11H14ClNO2.C10H18O5.C5H5ClN2/c1-11(2,3)15-10(14)6-8-4-5-9(12)13-7-8;1-9(2,3)14-7(11)13-8(12)15-10(4,5)6;6-5-2-1-4(7)3-8-5/h4-5,7H,6H2,1-3H3;1-6H3;1-3H,7H2. The summed E-state index contributed by atoms with van der Waals surface area (Å²) < 4.78 is 19.0. The molecule has 0 radical (unpaired) electrons. The van der Waals surface area contributed by atoms with Crippen molar-refractivity contribution in [2.24, 2.45) is 0 Å². The van der Waals surface area contributed by atoms with Gasteiger partial charge in [-0.2, -0.15) is 0 Å². The van der Waals surface area contributed by atoms with E-state index in [2.05, 4.69) is 14.7 Å². The molecule has 0 aromatic carbocycles. The number of nitrogens with two attached hydrogens (primary N) is 1. The van der Waals surface area contributed by atoms with Crippen molar-refractivity contribution in [3.05, 3.63) is 52.5 Å². The molecule has 2 N–H and O–H groups in total. The van der Waals surface area contributed by atoms with Gasteiger partial charge < -0.3 is 24.7 Å². The van der Waals surface area contributed by atoms with Gasteiger partial charge in [0.05, 0.1) is 18.3 Å². The van der Waals surface area contributed by atoms with Crippen molar-refractivity contribution in [3.63, 3.8) is 0 Å². The Labute approximate surface area is 234 Å². The third-order valence-corrected chi connectivity index (χ3v) is 3.70. The fourth-order valence-corrected chi connectivity index (χ4v) is 2.28. The van der Waals surface area contributed by atoms with Crippen LogP contribution < -0.4 is 5.73 Å². The number of pyridine rings is 2. The Hall–Kier alpha value is -3.11. The topological polar surface area (TPSA) is 140 Å². The fraction of sp³-hybridized carbons (Fsp3) is 0.500. The summed E-state index contributed by atoms with van der Waals surface area (Å²) in [5, 5.41) is 0.891. The Bertz CT molecular complexity index is 978. The molecule has 0 aliphatic rings. The van der Waals surface area contributed by atoms with Gasteiger partial charge in [0.25, 0.3) is 0 Å². The average Bonchev–Trinajstić information content (AvgIpc) is 2.68. The molecule has 0 bridgehead atoms. The second kappa shape index (κ2) is 15.3.